The molecule has 2 aliphatic rings. The summed E-state index contributed by atoms with van der Waals surface area (Å²) in [6.07, 6.45) is 1.13. The summed E-state index contributed by atoms with van der Waals surface area (Å²) in [6, 6.07) is 5.24. The van der Waals surface area contributed by atoms with Crippen molar-refractivity contribution in [3.8, 4) is 11.5 Å². The van der Waals surface area contributed by atoms with E-state index in [-0.39, 0.29) is 29.8 Å². The van der Waals surface area contributed by atoms with Gasteiger partial charge in [0.15, 0.2) is 17.3 Å². The Morgan fingerprint density at radius 2 is 1.84 bits per heavy atom. The first-order valence-electron chi connectivity index (χ1n) is 10.2. The van der Waals surface area contributed by atoms with Crippen LogP contribution in [-0.2, 0) is 11.3 Å². The zero-order valence-electron chi connectivity index (χ0n) is 17.5. The zero-order chi connectivity index (χ0) is 22.1. The number of rotatable bonds is 5. The van der Waals surface area contributed by atoms with Gasteiger partial charge in [0.2, 0.25) is 5.91 Å². The van der Waals surface area contributed by atoms with Crippen LogP contribution in [-0.4, -0.2) is 57.6 Å². The number of Topliss-reactive ketones (excluding diaryl/α,β-unsaturated/α-hetero) is 1. The van der Waals surface area contributed by atoms with Crippen molar-refractivity contribution in [1.29, 1.82) is 0 Å². The molecule has 1 aromatic carbocycles. The van der Waals surface area contributed by atoms with Crippen LogP contribution in [0, 0.1) is 29.9 Å². The highest BCUT2D eigenvalue weighted by atomic mass is 16.6. The lowest BCUT2D eigenvalue weighted by Gasteiger charge is -2.31. The quantitative estimate of drug-likeness (QED) is 0.407. The molecule has 2 aromatic rings. The first kappa shape index (κ1) is 20.8. The number of nitrogens with zero attached hydrogens (tertiary/aromatic N) is 4. The van der Waals surface area contributed by atoms with Crippen molar-refractivity contribution >= 4 is 17.4 Å². The highest BCUT2D eigenvalue weighted by molar-refractivity contribution is 5.98. The van der Waals surface area contributed by atoms with Gasteiger partial charge >= 0.3 is 5.69 Å². The number of benzene rings is 1. The first-order valence-corrected chi connectivity index (χ1v) is 10.2. The lowest BCUT2D eigenvalue weighted by atomic mass is 9.88. The molecule has 0 aliphatic carbocycles. The Kier molecular flexibility index (Phi) is 5.62. The van der Waals surface area contributed by atoms with Crippen LogP contribution in [0.1, 0.15) is 34.6 Å². The molecule has 10 nitrogen and oxygen atoms in total. The molecule has 1 fully saturated rings. The Morgan fingerprint density at radius 1 is 1.16 bits per heavy atom. The second kappa shape index (κ2) is 8.37. The molecule has 10 heteroatoms. The van der Waals surface area contributed by atoms with Gasteiger partial charge in [0.05, 0.1) is 4.92 Å². The minimum atomic E-state index is -0.479. The van der Waals surface area contributed by atoms with Crippen LogP contribution in [0.4, 0.5) is 5.69 Å². The molecule has 1 amide bonds. The van der Waals surface area contributed by atoms with Crippen molar-refractivity contribution in [2.24, 2.45) is 5.92 Å². The molecule has 4 rings (SSSR count). The predicted octanol–water partition coefficient (Wildman–Crippen LogP) is 2.30. The predicted molar refractivity (Wildman–Crippen MR) is 109 cm³/mol. The largest absolute Gasteiger partial charge is 0.486 e. The molecule has 1 aromatic heterocycles. The van der Waals surface area contributed by atoms with Gasteiger partial charge in [-0.15, -0.1) is 0 Å². The Hall–Kier alpha value is -3.43. The SMILES string of the molecule is Cc1nn(CC(=O)N2CCC(C(=O)c3ccc4c(c3)OCCO4)CC2)c(C)c1[N+](=O)[O-]. The maximum atomic E-state index is 12.9. The van der Waals surface area contributed by atoms with Crippen LogP contribution in [0.15, 0.2) is 18.2 Å². The van der Waals surface area contributed by atoms with Crippen LogP contribution in [0.5, 0.6) is 11.5 Å². The number of aromatic nitrogens is 2. The third-order valence-corrected chi connectivity index (χ3v) is 5.86. The van der Waals surface area contributed by atoms with Gasteiger partial charge in [-0.25, -0.2) is 0 Å². The molecule has 2 aliphatic heterocycles. The lowest BCUT2D eigenvalue weighted by molar-refractivity contribution is -0.386. The summed E-state index contributed by atoms with van der Waals surface area (Å²) >= 11 is 0. The average Bonchev–Trinajstić information content (AvgIpc) is 3.05. The molecule has 0 saturated carbocycles. The number of ether oxygens (including phenoxy) is 2. The highest BCUT2D eigenvalue weighted by Crippen LogP contribution is 2.32. The number of aryl methyl sites for hydroxylation is 1. The van der Waals surface area contributed by atoms with E-state index in [1.165, 1.54) is 4.68 Å². The molecule has 1 saturated heterocycles. The minimum Gasteiger partial charge on any atom is -0.486 e. The summed E-state index contributed by atoms with van der Waals surface area (Å²) in [7, 11) is 0. The van der Waals surface area contributed by atoms with Gasteiger partial charge in [-0.2, -0.15) is 5.10 Å². The summed E-state index contributed by atoms with van der Waals surface area (Å²) in [4.78, 5) is 38.0. The molecular weight excluding hydrogens is 404 g/mol. The van der Waals surface area contributed by atoms with E-state index in [2.05, 4.69) is 5.10 Å². The average molecular weight is 428 g/mol. The fourth-order valence-electron chi connectivity index (χ4n) is 4.16. The standard InChI is InChI=1S/C21H24N4O6/c1-13-20(25(28)29)14(2)24(22-13)12-19(26)23-7-5-15(6-8-23)21(27)16-3-4-17-18(11-16)31-10-9-30-17/h3-4,11,15H,5-10,12H2,1-2H3. The molecule has 0 atom stereocenters. The molecular formula is C21H24N4O6. The molecule has 164 valence electrons. The van der Waals surface area contributed by atoms with Crippen molar-refractivity contribution in [2.45, 2.75) is 33.2 Å². The van der Waals surface area contributed by atoms with Gasteiger partial charge in [-0.1, -0.05) is 0 Å². The molecule has 0 spiro atoms. The number of amides is 1. The number of carbonyl (C=O) groups is 2. The summed E-state index contributed by atoms with van der Waals surface area (Å²) in [5, 5.41) is 15.3. The van der Waals surface area contributed by atoms with E-state index in [1.54, 1.807) is 36.9 Å². The Labute approximate surface area is 178 Å². The maximum absolute atomic E-state index is 12.9. The van der Waals surface area contributed by atoms with E-state index in [0.29, 0.717) is 67.6 Å². The number of likely N-dealkylation sites (tertiary alicyclic amines) is 1. The molecule has 0 bridgehead atoms. The molecule has 31 heavy (non-hydrogen) atoms. The Morgan fingerprint density at radius 3 is 2.48 bits per heavy atom. The number of hydrogen-bond acceptors (Lipinski definition) is 7. The first-order chi connectivity index (χ1) is 14.8. The third-order valence-electron chi connectivity index (χ3n) is 5.86. The highest BCUT2D eigenvalue weighted by Gasteiger charge is 2.30. The van der Waals surface area contributed by atoms with E-state index < -0.39 is 4.92 Å². The molecule has 0 unspecified atom stereocenters. The fourth-order valence-corrected chi connectivity index (χ4v) is 4.16. The second-order valence-corrected chi connectivity index (χ2v) is 7.81. The van der Waals surface area contributed by atoms with Crippen molar-refractivity contribution < 1.29 is 24.0 Å². The normalized spacial score (nSPS) is 16.3. The smallest absolute Gasteiger partial charge is 0.312 e. The van der Waals surface area contributed by atoms with Crippen LogP contribution < -0.4 is 9.47 Å². The number of piperidine rings is 1. The number of nitro groups is 1. The molecule has 3 heterocycles. The maximum Gasteiger partial charge on any atom is 0.312 e. The van der Waals surface area contributed by atoms with E-state index in [9.17, 15) is 19.7 Å². The van der Waals surface area contributed by atoms with Gasteiger partial charge in [-0.05, 0) is 44.9 Å². The fraction of sp³-hybridized carbons (Fsp3) is 0.476. The van der Waals surface area contributed by atoms with Crippen molar-refractivity contribution in [2.75, 3.05) is 26.3 Å². The summed E-state index contributed by atoms with van der Waals surface area (Å²) in [5.74, 6) is 0.946. The lowest BCUT2D eigenvalue weighted by Crippen LogP contribution is -2.42. The van der Waals surface area contributed by atoms with Gasteiger partial charge in [-0.3, -0.25) is 24.4 Å². The summed E-state index contributed by atoms with van der Waals surface area (Å²) in [6.45, 7) is 4.97. The molecule has 0 radical (unpaired) electrons. The zero-order valence-corrected chi connectivity index (χ0v) is 17.5. The van der Waals surface area contributed by atoms with Crippen LogP contribution in [0.2, 0.25) is 0 Å². The number of hydrogen-bond donors (Lipinski definition) is 0. The van der Waals surface area contributed by atoms with Crippen molar-refractivity contribution in [3.63, 3.8) is 0 Å². The monoisotopic (exact) mass is 428 g/mol. The number of fused-ring (bicyclic) bond motifs is 1. The Balaban J connectivity index is 1.36. The van der Waals surface area contributed by atoms with Crippen LogP contribution in [0.25, 0.3) is 0 Å². The van der Waals surface area contributed by atoms with Gasteiger partial charge in [0.25, 0.3) is 0 Å². The van der Waals surface area contributed by atoms with Gasteiger partial charge in [0.1, 0.15) is 31.1 Å². The minimum absolute atomic E-state index is 0.0400. The molecule has 0 N–H and O–H groups in total. The van der Waals surface area contributed by atoms with Crippen molar-refractivity contribution in [1.82, 2.24) is 14.7 Å². The number of ketones is 1. The third kappa shape index (κ3) is 4.10. The Bertz CT molecular complexity index is 1040. The van der Waals surface area contributed by atoms with E-state index in [0.717, 1.165) is 0 Å². The van der Waals surface area contributed by atoms with E-state index >= 15 is 0 Å². The van der Waals surface area contributed by atoms with Gasteiger partial charge < -0.3 is 14.4 Å². The van der Waals surface area contributed by atoms with Gasteiger partial charge in [0, 0.05) is 24.6 Å². The summed E-state index contributed by atoms with van der Waals surface area (Å²) < 4.78 is 12.4. The van der Waals surface area contributed by atoms with Crippen LogP contribution in [0.3, 0.4) is 0 Å². The summed E-state index contributed by atoms with van der Waals surface area (Å²) in [5.41, 5.74) is 1.18. The second-order valence-electron chi connectivity index (χ2n) is 7.81. The number of carbonyl (C=O) groups excluding carboxylic acids is 2. The topological polar surface area (TPSA) is 117 Å². The van der Waals surface area contributed by atoms with Crippen LogP contribution >= 0.6 is 0 Å². The van der Waals surface area contributed by atoms with E-state index in [1.807, 2.05) is 0 Å². The van der Waals surface area contributed by atoms with E-state index in [4.69, 9.17) is 9.47 Å². The van der Waals surface area contributed by atoms with Crippen molar-refractivity contribution in [3.05, 3.63) is 45.3 Å².